The highest BCUT2D eigenvalue weighted by atomic mass is 16.5. The number of hydrogen-bond donors (Lipinski definition) is 1. The third-order valence-electron chi connectivity index (χ3n) is 3.41. The van der Waals surface area contributed by atoms with E-state index in [1.807, 2.05) is 19.9 Å². The molecule has 1 unspecified atom stereocenters. The highest BCUT2D eigenvalue weighted by Crippen LogP contribution is 2.16. The fourth-order valence-electron chi connectivity index (χ4n) is 2.17. The molecule has 6 nitrogen and oxygen atoms in total. The number of furan rings is 1. The summed E-state index contributed by atoms with van der Waals surface area (Å²) in [4.78, 5) is 11.9. The molecule has 21 heavy (non-hydrogen) atoms. The number of carbonyl (C=O) groups excluding carboxylic acids is 1. The molecule has 0 spiro atoms. The second-order valence-electron chi connectivity index (χ2n) is 4.85. The van der Waals surface area contributed by atoms with Crippen LogP contribution in [0.3, 0.4) is 0 Å². The minimum atomic E-state index is -0.275. The molecule has 1 amide bonds. The van der Waals surface area contributed by atoms with Gasteiger partial charge in [0, 0.05) is 19.1 Å². The van der Waals surface area contributed by atoms with E-state index in [0.717, 1.165) is 17.0 Å². The van der Waals surface area contributed by atoms with Crippen LogP contribution in [0.1, 0.15) is 35.3 Å². The van der Waals surface area contributed by atoms with Crippen molar-refractivity contribution in [3.63, 3.8) is 0 Å². The van der Waals surface area contributed by atoms with Crippen molar-refractivity contribution in [2.45, 2.75) is 32.8 Å². The summed E-state index contributed by atoms with van der Waals surface area (Å²) >= 11 is 0. The lowest BCUT2D eigenvalue weighted by Crippen LogP contribution is -2.29. The maximum atomic E-state index is 11.9. The minimum absolute atomic E-state index is 0.0383. The summed E-state index contributed by atoms with van der Waals surface area (Å²) in [6, 6.07) is 3.62. The molecular weight excluding hydrogens is 272 g/mol. The quantitative estimate of drug-likeness (QED) is 0.847. The Hall–Kier alpha value is -2.08. The van der Waals surface area contributed by atoms with Crippen LogP contribution in [0.2, 0.25) is 0 Å². The predicted molar refractivity (Wildman–Crippen MR) is 75.8 cm³/mol. The lowest BCUT2D eigenvalue weighted by molar-refractivity contribution is -0.121. The molecule has 0 aromatic carbocycles. The molecule has 0 bridgehead atoms. The van der Waals surface area contributed by atoms with Crippen molar-refractivity contribution in [3.8, 4) is 0 Å². The van der Waals surface area contributed by atoms with Gasteiger partial charge in [-0.15, -0.1) is 0 Å². The Morgan fingerprint density at radius 3 is 2.86 bits per heavy atom. The summed E-state index contributed by atoms with van der Waals surface area (Å²) in [5.41, 5.74) is 1.84. The van der Waals surface area contributed by atoms with Crippen LogP contribution in [-0.4, -0.2) is 24.7 Å². The van der Waals surface area contributed by atoms with Gasteiger partial charge in [-0.2, -0.15) is 0 Å². The van der Waals surface area contributed by atoms with Gasteiger partial charge in [-0.1, -0.05) is 5.16 Å². The van der Waals surface area contributed by atoms with Gasteiger partial charge >= 0.3 is 0 Å². The molecule has 0 aliphatic heterocycles. The largest absolute Gasteiger partial charge is 0.467 e. The van der Waals surface area contributed by atoms with Crippen LogP contribution in [-0.2, 0) is 16.0 Å². The summed E-state index contributed by atoms with van der Waals surface area (Å²) in [7, 11) is 1.59. The predicted octanol–water partition coefficient (Wildman–Crippen LogP) is 2.32. The zero-order chi connectivity index (χ0) is 15.2. The lowest BCUT2D eigenvalue weighted by atomic mass is 10.1. The summed E-state index contributed by atoms with van der Waals surface area (Å²) in [6.45, 7) is 4.11. The highest BCUT2D eigenvalue weighted by molar-refractivity contribution is 5.76. The second-order valence-corrected chi connectivity index (χ2v) is 4.85. The number of aromatic nitrogens is 1. The van der Waals surface area contributed by atoms with Crippen LogP contribution in [0, 0.1) is 13.8 Å². The number of hydrogen-bond acceptors (Lipinski definition) is 5. The van der Waals surface area contributed by atoms with Crippen molar-refractivity contribution in [2.24, 2.45) is 0 Å². The molecule has 6 heteroatoms. The third kappa shape index (κ3) is 3.95. The van der Waals surface area contributed by atoms with Gasteiger partial charge in [-0.05, 0) is 32.4 Å². The number of aryl methyl sites for hydroxylation is 2. The van der Waals surface area contributed by atoms with Crippen molar-refractivity contribution in [2.75, 3.05) is 13.7 Å². The van der Waals surface area contributed by atoms with Crippen LogP contribution >= 0.6 is 0 Å². The molecule has 1 N–H and O–H groups in total. The minimum Gasteiger partial charge on any atom is -0.467 e. The van der Waals surface area contributed by atoms with E-state index in [1.54, 1.807) is 19.4 Å². The van der Waals surface area contributed by atoms with E-state index in [-0.39, 0.29) is 12.0 Å². The van der Waals surface area contributed by atoms with E-state index in [0.29, 0.717) is 25.1 Å². The molecule has 0 aliphatic carbocycles. The summed E-state index contributed by atoms with van der Waals surface area (Å²) in [5, 5.41) is 6.72. The van der Waals surface area contributed by atoms with E-state index in [9.17, 15) is 4.79 Å². The first kappa shape index (κ1) is 15.3. The van der Waals surface area contributed by atoms with E-state index >= 15 is 0 Å². The number of nitrogens with zero attached hydrogens (tertiary/aromatic N) is 1. The van der Waals surface area contributed by atoms with Crippen molar-refractivity contribution in [1.82, 2.24) is 10.5 Å². The van der Waals surface area contributed by atoms with Gasteiger partial charge in [0.05, 0.1) is 18.5 Å². The van der Waals surface area contributed by atoms with E-state index in [4.69, 9.17) is 13.7 Å². The molecule has 0 fully saturated rings. The smallest absolute Gasteiger partial charge is 0.220 e. The number of rotatable bonds is 7. The molecular formula is C15H20N2O4. The van der Waals surface area contributed by atoms with Crippen molar-refractivity contribution in [1.29, 1.82) is 0 Å². The van der Waals surface area contributed by atoms with Gasteiger partial charge in [0.1, 0.15) is 17.6 Å². The number of carbonyl (C=O) groups is 1. The number of nitrogens with one attached hydrogen (secondary N) is 1. The van der Waals surface area contributed by atoms with Crippen molar-refractivity contribution >= 4 is 5.91 Å². The fourth-order valence-corrected chi connectivity index (χ4v) is 2.17. The molecule has 1 atom stereocenters. The van der Waals surface area contributed by atoms with Crippen LogP contribution in [0.25, 0.3) is 0 Å². The number of ether oxygens (including phenoxy) is 1. The standard InChI is InChI=1S/C15H20N2O4/c1-10-12(11(2)21-17-10)6-7-15(18)16-9-14(19-3)13-5-4-8-20-13/h4-5,8,14H,6-7,9H2,1-3H3,(H,16,18). The average molecular weight is 292 g/mol. The number of methoxy groups -OCH3 is 1. The Bertz CT molecular complexity index is 555. The van der Waals surface area contributed by atoms with Crippen LogP contribution < -0.4 is 5.32 Å². The molecule has 0 radical (unpaired) electrons. The van der Waals surface area contributed by atoms with Gasteiger partial charge in [-0.3, -0.25) is 4.79 Å². The Labute approximate surface area is 123 Å². The van der Waals surface area contributed by atoms with Crippen LogP contribution in [0.4, 0.5) is 0 Å². The van der Waals surface area contributed by atoms with Crippen molar-refractivity contribution in [3.05, 3.63) is 41.2 Å². The van der Waals surface area contributed by atoms with Gasteiger partial charge in [0.15, 0.2) is 0 Å². The molecule has 0 saturated heterocycles. The maximum absolute atomic E-state index is 11.9. The Balaban J connectivity index is 1.80. The molecule has 2 aromatic heterocycles. The van der Waals surface area contributed by atoms with Gasteiger partial charge in [0.2, 0.25) is 5.91 Å². The molecule has 0 saturated carbocycles. The SMILES string of the molecule is COC(CNC(=O)CCc1c(C)noc1C)c1ccco1. The zero-order valence-corrected chi connectivity index (χ0v) is 12.5. The fraction of sp³-hybridized carbons (Fsp3) is 0.467. The molecule has 2 rings (SSSR count). The summed E-state index contributed by atoms with van der Waals surface area (Å²) in [5.74, 6) is 1.43. The number of amides is 1. The average Bonchev–Trinajstić information content (AvgIpc) is 3.09. The Morgan fingerprint density at radius 2 is 2.29 bits per heavy atom. The Kier molecular flexibility index (Phi) is 5.16. The maximum Gasteiger partial charge on any atom is 0.220 e. The molecule has 0 aliphatic rings. The van der Waals surface area contributed by atoms with Crippen LogP contribution in [0.5, 0.6) is 0 Å². The van der Waals surface area contributed by atoms with Crippen molar-refractivity contribution < 1.29 is 18.5 Å². The lowest BCUT2D eigenvalue weighted by Gasteiger charge is -2.13. The molecule has 2 heterocycles. The monoisotopic (exact) mass is 292 g/mol. The van der Waals surface area contributed by atoms with E-state index in [1.165, 1.54) is 0 Å². The summed E-state index contributed by atoms with van der Waals surface area (Å²) < 4.78 is 15.7. The topological polar surface area (TPSA) is 77.5 Å². The Morgan fingerprint density at radius 1 is 1.48 bits per heavy atom. The molecule has 2 aromatic rings. The second kappa shape index (κ2) is 7.08. The molecule has 114 valence electrons. The summed E-state index contributed by atoms with van der Waals surface area (Å²) in [6.07, 6.45) is 2.31. The first-order valence-electron chi connectivity index (χ1n) is 6.86. The first-order chi connectivity index (χ1) is 10.1. The van der Waals surface area contributed by atoms with Gasteiger partial charge in [0.25, 0.3) is 0 Å². The normalized spacial score (nSPS) is 12.3. The zero-order valence-electron chi connectivity index (χ0n) is 12.5. The first-order valence-corrected chi connectivity index (χ1v) is 6.86. The van der Waals surface area contributed by atoms with Gasteiger partial charge < -0.3 is 19.0 Å². The van der Waals surface area contributed by atoms with E-state index < -0.39 is 0 Å². The third-order valence-corrected chi connectivity index (χ3v) is 3.41. The van der Waals surface area contributed by atoms with Gasteiger partial charge in [-0.25, -0.2) is 0 Å². The van der Waals surface area contributed by atoms with E-state index in [2.05, 4.69) is 10.5 Å². The van der Waals surface area contributed by atoms with Crippen LogP contribution in [0.15, 0.2) is 27.3 Å². The highest BCUT2D eigenvalue weighted by Gasteiger charge is 2.15.